The predicted octanol–water partition coefficient (Wildman–Crippen LogP) is 3.51. The Morgan fingerprint density at radius 3 is 2.44 bits per heavy atom. The van der Waals surface area contributed by atoms with Crippen LogP contribution in [0.4, 0.5) is 10.7 Å². The first-order valence-corrected chi connectivity index (χ1v) is 6.53. The summed E-state index contributed by atoms with van der Waals surface area (Å²) in [5, 5.41) is 3.59. The largest absolute Gasteiger partial charge is 0.391 e. The lowest BCUT2D eigenvalue weighted by atomic mass is 10.1. The van der Waals surface area contributed by atoms with Crippen molar-refractivity contribution >= 4 is 27.9 Å². The van der Waals surface area contributed by atoms with E-state index in [4.69, 9.17) is 5.73 Å². The highest BCUT2D eigenvalue weighted by Crippen LogP contribution is 2.25. The fourth-order valence-corrected chi connectivity index (χ4v) is 2.70. The number of rotatable bonds is 2. The number of anilines is 2. The number of carbonyl (C=O) groups excluding carboxylic acids is 1. The van der Waals surface area contributed by atoms with Crippen molar-refractivity contribution in [1.29, 1.82) is 0 Å². The molecule has 0 atom stereocenters. The van der Waals surface area contributed by atoms with Gasteiger partial charge < -0.3 is 11.1 Å². The van der Waals surface area contributed by atoms with Gasteiger partial charge in [-0.15, -0.1) is 11.3 Å². The zero-order chi connectivity index (χ0) is 13.3. The molecule has 94 valence electrons. The summed E-state index contributed by atoms with van der Waals surface area (Å²) in [7, 11) is 0. The number of amides is 1. The molecule has 1 amide bonds. The van der Waals surface area contributed by atoms with Crippen molar-refractivity contribution in [3.8, 4) is 0 Å². The molecule has 0 aliphatic carbocycles. The van der Waals surface area contributed by atoms with E-state index in [0.717, 1.165) is 16.8 Å². The summed E-state index contributed by atoms with van der Waals surface area (Å²) in [5.41, 5.74) is 9.70. The predicted molar refractivity (Wildman–Crippen MR) is 77.3 cm³/mol. The minimum Gasteiger partial charge on any atom is -0.391 e. The van der Waals surface area contributed by atoms with E-state index in [1.165, 1.54) is 16.9 Å². The molecule has 0 spiro atoms. The normalized spacial score (nSPS) is 10.4. The molecule has 0 bridgehead atoms. The SMILES string of the molecule is Cc1ccc(NC(=O)c2sc(N)cc2C)c(C)c1. The van der Waals surface area contributed by atoms with Crippen LogP contribution in [0.25, 0.3) is 0 Å². The summed E-state index contributed by atoms with van der Waals surface area (Å²) in [4.78, 5) is 12.8. The van der Waals surface area contributed by atoms with Crippen molar-refractivity contribution in [2.24, 2.45) is 0 Å². The van der Waals surface area contributed by atoms with Crippen molar-refractivity contribution < 1.29 is 4.79 Å². The summed E-state index contributed by atoms with van der Waals surface area (Å²) in [6.45, 7) is 5.91. The molecule has 0 aliphatic rings. The first-order valence-electron chi connectivity index (χ1n) is 5.72. The molecule has 1 aromatic heterocycles. The molecule has 0 fully saturated rings. The lowest BCUT2D eigenvalue weighted by Gasteiger charge is -2.08. The Balaban J connectivity index is 2.24. The Morgan fingerprint density at radius 2 is 1.89 bits per heavy atom. The molecule has 0 saturated carbocycles. The van der Waals surface area contributed by atoms with Gasteiger partial charge in [-0.3, -0.25) is 4.79 Å². The third kappa shape index (κ3) is 2.54. The monoisotopic (exact) mass is 260 g/mol. The molecule has 1 heterocycles. The minimum absolute atomic E-state index is 0.0962. The Bertz CT molecular complexity index is 602. The van der Waals surface area contributed by atoms with Gasteiger partial charge in [0.1, 0.15) is 0 Å². The fraction of sp³-hybridized carbons (Fsp3) is 0.214. The minimum atomic E-state index is -0.0962. The molecule has 1 aromatic carbocycles. The van der Waals surface area contributed by atoms with Crippen LogP contribution in [-0.2, 0) is 0 Å². The quantitative estimate of drug-likeness (QED) is 0.868. The number of thiophene rings is 1. The van der Waals surface area contributed by atoms with Gasteiger partial charge in [0.2, 0.25) is 0 Å². The maximum absolute atomic E-state index is 12.1. The first kappa shape index (κ1) is 12.6. The van der Waals surface area contributed by atoms with E-state index in [1.807, 2.05) is 45.0 Å². The van der Waals surface area contributed by atoms with Gasteiger partial charge in [0.25, 0.3) is 5.91 Å². The van der Waals surface area contributed by atoms with Crippen molar-refractivity contribution in [2.45, 2.75) is 20.8 Å². The van der Waals surface area contributed by atoms with Crippen LogP contribution in [0.1, 0.15) is 26.4 Å². The Hall–Kier alpha value is -1.81. The molecule has 18 heavy (non-hydrogen) atoms. The van der Waals surface area contributed by atoms with Crippen LogP contribution < -0.4 is 11.1 Å². The standard InChI is InChI=1S/C14H16N2OS/c1-8-4-5-11(9(2)6-8)16-14(17)13-10(3)7-12(15)18-13/h4-7H,15H2,1-3H3,(H,16,17). The lowest BCUT2D eigenvalue weighted by Crippen LogP contribution is -2.12. The van der Waals surface area contributed by atoms with Gasteiger partial charge in [0.05, 0.1) is 9.88 Å². The van der Waals surface area contributed by atoms with Crippen molar-refractivity contribution in [1.82, 2.24) is 0 Å². The van der Waals surface area contributed by atoms with Crippen LogP contribution in [0.15, 0.2) is 24.3 Å². The highest BCUT2D eigenvalue weighted by molar-refractivity contribution is 7.18. The molecule has 2 aromatic rings. The van der Waals surface area contributed by atoms with E-state index in [0.29, 0.717) is 9.88 Å². The number of benzene rings is 1. The van der Waals surface area contributed by atoms with Crippen LogP contribution >= 0.6 is 11.3 Å². The van der Waals surface area contributed by atoms with E-state index in [9.17, 15) is 4.79 Å². The second-order valence-corrected chi connectivity index (χ2v) is 5.52. The second-order valence-electron chi connectivity index (χ2n) is 4.43. The van der Waals surface area contributed by atoms with Crippen molar-refractivity contribution in [3.05, 3.63) is 45.8 Å². The summed E-state index contributed by atoms with van der Waals surface area (Å²) < 4.78 is 0. The summed E-state index contributed by atoms with van der Waals surface area (Å²) in [6, 6.07) is 7.78. The molecule has 0 saturated heterocycles. The maximum atomic E-state index is 12.1. The van der Waals surface area contributed by atoms with Crippen LogP contribution in [0, 0.1) is 20.8 Å². The number of nitrogens with two attached hydrogens (primary N) is 1. The van der Waals surface area contributed by atoms with E-state index < -0.39 is 0 Å². The molecule has 0 unspecified atom stereocenters. The van der Waals surface area contributed by atoms with Gasteiger partial charge in [0, 0.05) is 5.69 Å². The second kappa shape index (κ2) is 4.82. The topological polar surface area (TPSA) is 55.1 Å². The van der Waals surface area contributed by atoms with Crippen molar-refractivity contribution in [2.75, 3.05) is 11.1 Å². The van der Waals surface area contributed by atoms with Gasteiger partial charge in [-0.05, 0) is 44.0 Å². The number of nitrogen functional groups attached to an aromatic ring is 1. The van der Waals surface area contributed by atoms with E-state index in [-0.39, 0.29) is 5.91 Å². The summed E-state index contributed by atoms with van der Waals surface area (Å²) in [6.07, 6.45) is 0. The zero-order valence-corrected chi connectivity index (χ0v) is 11.5. The molecule has 2 rings (SSSR count). The maximum Gasteiger partial charge on any atom is 0.266 e. The number of hydrogen-bond acceptors (Lipinski definition) is 3. The summed E-state index contributed by atoms with van der Waals surface area (Å²) >= 11 is 1.32. The fourth-order valence-electron chi connectivity index (χ4n) is 1.87. The number of hydrogen-bond donors (Lipinski definition) is 2. The summed E-state index contributed by atoms with van der Waals surface area (Å²) in [5.74, 6) is -0.0962. The number of carbonyl (C=O) groups is 1. The average molecular weight is 260 g/mol. The van der Waals surface area contributed by atoms with E-state index in [2.05, 4.69) is 5.32 Å². The van der Waals surface area contributed by atoms with Gasteiger partial charge in [-0.25, -0.2) is 0 Å². The van der Waals surface area contributed by atoms with Gasteiger partial charge in [-0.2, -0.15) is 0 Å². The van der Waals surface area contributed by atoms with Crippen LogP contribution in [0.3, 0.4) is 0 Å². The van der Waals surface area contributed by atoms with Gasteiger partial charge >= 0.3 is 0 Å². The smallest absolute Gasteiger partial charge is 0.266 e. The van der Waals surface area contributed by atoms with Crippen LogP contribution in [0.5, 0.6) is 0 Å². The lowest BCUT2D eigenvalue weighted by molar-refractivity contribution is 0.103. The molecule has 4 heteroatoms. The Morgan fingerprint density at radius 1 is 1.17 bits per heavy atom. The molecule has 3 nitrogen and oxygen atoms in total. The van der Waals surface area contributed by atoms with Crippen LogP contribution in [-0.4, -0.2) is 5.91 Å². The number of nitrogens with one attached hydrogen (secondary N) is 1. The highest BCUT2D eigenvalue weighted by Gasteiger charge is 2.13. The molecule has 3 N–H and O–H groups in total. The Kier molecular flexibility index (Phi) is 3.39. The van der Waals surface area contributed by atoms with E-state index in [1.54, 1.807) is 0 Å². The molecular formula is C14H16N2OS. The van der Waals surface area contributed by atoms with E-state index >= 15 is 0 Å². The third-order valence-electron chi connectivity index (χ3n) is 2.77. The molecule has 0 radical (unpaired) electrons. The highest BCUT2D eigenvalue weighted by atomic mass is 32.1. The zero-order valence-electron chi connectivity index (χ0n) is 10.7. The van der Waals surface area contributed by atoms with Crippen LogP contribution in [0.2, 0.25) is 0 Å². The average Bonchev–Trinajstić information content (AvgIpc) is 2.62. The number of aryl methyl sites for hydroxylation is 3. The first-order chi connectivity index (χ1) is 8.47. The third-order valence-corrected chi connectivity index (χ3v) is 3.84. The van der Waals surface area contributed by atoms with Gasteiger partial charge in [0.15, 0.2) is 0 Å². The van der Waals surface area contributed by atoms with Crippen molar-refractivity contribution in [3.63, 3.8) is 0 Å². The Labute approximate surface area is 111 Å². The molecule has 0 aliphatic heterocycles. The van der Waals surface area contributed by atoms with Gasteiger partial charge in [-0.1, -0.05) is 17.7 Å². The molecular weight excluding hydrogens is 244 g/mol.